The van der Waals surface area contributed by atoms with Gasteiger partial charge in [0.1, 0.15) is 19.3 Å². The van der Waals surface area contributed by atoms with Crippen LogP contribution in [0.4, 0.5) is 5.95 Å². The number of nitrogens with zero attached hydrogens (tertiary/aromatic N) is 6. The van der Waals surface area contributed by atoms with E-state index in [0.717, 1.165) is 5.56 Å². The van der Waals surface area contributed by atoms with Crippen molar-refractivity contribution in [3.8, 4) is 12.0 Å². The molecule has 3 aromatic rings. The largest absolute Gasteiger partial charge is 0.458 e. The Labute approximate surface area is 120 Å². The van der Waals surface area contributed by atoms with E-state index in [4.69, 9.17) is 4.74 Å². The summed E-state index contributed by atoms with van der Waals surface area (Å²) in [6, 6.07) is 10.0. The second-order valence-corrected chi connectivity index (χ2v) is 4.11. The van der Waals surface area contributed by atoms with Crippen molar-refractivity contribution in [2.45, 2.75) is 6.61 Å². The summed E-state index contributed by atoms with van der Waals surface area (Å²) < 4.78 is 7.05. The van der Waals surface area contributed by atoms with Crippen molar-refractivity contribution >= 4 is 5.95 Å². The summed E-state index contributed by atoms with van der Waals surface area (Å²) in [4.78, 5) is 16.4. The van der Waals surface area contributed by atoms with Crippen molar-refractivity contribution in [1.82, 2.24) is 29.7 Å². The highest BCUT2D eigenvalue weighted by molar-refractivity contribution is 5.28. The zero-order valence-electron chi connectivity index (χ0n) is 11.3. The fourth-order valence-corrected chi connectivity index (χ4v) is 1.66. The first kappa shape index (κ1) is 13.0. The van der Waals surface area contributed by atoms with Crippen LogP contribution in [-0.2, 0) is 6.61 Å². The normalized spacial score (nSPS) is 10.3. The predicted molar refractivity (Wildman–Crippen MR) is 75.1 cm³/mol. The number of ether oxygens (including phenoxy) is 1. The maximum absolute atomic E-state index is 5.61. The number of nitrogens with one attached hydrogen (secondary N) is 1. The molecule has 0 fully saturated rings. The summed E-state index contributed by atoms with van der Waals surface area (Å²) in [5.74, 6) is 0.744. The Balaban J connectivity index is 1.83. The number of aromatic nitrogens is 6. The van der Waals surface area contributed by atoms with Gasteiger partial charge in [0.25, 0.3) is 5.95 Å². The van der Waals surface area contributed by atoms with Crippen molar-refractivity contribution < 1.29 is 4.74 Å². The lowest BCUT2D eigenvalue weighted by Crippen LogP contribution is -2.09. The molecule has 21 heavy (non-hydrogen) atoms. The Kier molecular flexibility index (Phi) is 3.68. The summed E-state index contributed by atoms with van der Waals surface area (Å²) in [6.45, 7) is 0.380. The molecule has 1 N–H and O–H groups in total. The van der Waals surface area contributed by atoms with Crippen LogP contribution in [0.25, 0.3) is 5.95 Å². The van der Waals surface area contributed by atoms with Crippen LogP contribution in [0, 0.1) is 0 Å². The highest BCUT2D eigenvalue weighted by atomic mass is 16.5. The van der Waals surface area contributed by atoms with Gasteiger partial charge in [-0.15, -0.1) is 0 Å². The topological polar surface area (TPSA) is 90.6 Å². The lowest BCUT2D eigenvalue weighted by Gasteiger charge is -2.07. The molecule has 8 heteroatoms. The minimum Gasteiger partial charge on any atom is -0.458 e. The van der Waals surface area contributed by atoms with E-state index < -0.39 is 0 Å². The number of anilines is 1. The summed E-state index contributed by atoms with van der Waals surface area (Å²) >= 11 is 0. The van der Waals surface area contributed by atoms with Gasteiger partial charge in [-0.1, -0.05) is 30.3 Å². The zero-order valence-corrected chi connectivity index (χ0v) is 11.3. The highest BCUT2D eigenvalue weighted by Gasteiger charge is 2.09. The van der Waals surface area contributed by atoms with E-state index in [2.05, 4.69) is 30.4 Å². The standard InChI is InChI=1S/C13H13N7O/c1-14-11-17-12(20-9-15-8-16-20)19-13(18-11)21-7-10-5-3-2-4-6-10/h2-6,8-9H,7H2,1H3,(H,14,17,18,19). The first-order valence-electron chi connectivity index (χ1n) is 6.31. The van der Waals surface area contributed by atoms with Crippen LogP contribution in [0.3, 0.4) is 0 Å². The maximum atomic E-state index is 5.61. The Hall–Kier alpha value is -3.03. The Morgan fingerprint density at radius 1 is 1.14 bits per heavy atom. The fraction of sp³-hybridized carbons (Fsp3) is 0.154. The Morgan fingerprint density at radius 3 is 2.71 bits per heavy atom. The monoisotopic (exact) mass is 283 g/mol. The quantitative estimate of drug-likeness (QED) is 0.749. The number of hydrogen-bond acceptors (Lipinski definition) is 7. The highest BCUT2D eigenvalue weighted by Crippen LogP contribution is 2.11. The van der Waals surface area contributed by atoms with Crippen molar-refractivity contribution in [2.75, 3.05) is 12.4 Å². The van der Waals surface area contributed by atoms with E-state index in [0.29, 0.717) is 18.5 Å². The number of benzene rings is 1. The molecule has 0 unspecified atom stereocenters. The van der Waals surface area contributed by atoms with Crippen LogP contribution >= 0.6 is 0 Å². The smallest absolute Gasteiger partial charge is 0.323 e. The van der Waals surface area contributed by atoms with Crippen LogP contribution in [-0.4, -0.2) is 36.8 Å². The molecule has 0 bridgehead atoms. The summed E-state index contributed by atoms with van der Waals surface area (Å²) in [5.41, 5.74) is 1.03. The van der Waals surface area contributed by atoms with E-state index in [9.17, 15) is 0 Å². The van der Waals surface area contributed by atoms with Crippen molar-refractivity contribution in [2.24, 2.45) is 0 Å². The molecule has 0 aliphatic carbocycles. The van der Waals surface area contributed by atoms with Gasteiger partial charge < -0.3 is 10.1 Å². The van der Waals surface area contributed by atoms with E-state index in [1.807, 2.05) is 30.3 Å². The molecule has 1 aromatic carbocycles. The molecule has 3 rings (SSSR count). The second kappa shape index (κ2) is 5.95. The molecule has 8 nitrogen and oxygen atoms in total. The average Bonchev–Trinajstić information content (AvgIpc) is 3.08. The van der Waals surface area contributed by atoms with Gasteiger partial charge in [0, 0.05) is 7.05 Å². The molecular weight excluding hydrogens is 270 g/mol. The summed E-state index contributed by atoms with van der Waals surface area (Å²) in [6.07, 6.45) is 2.92. The average molecular weight is 283 g/mol. The van der Waals surface area contributed by atoms with Gasteiger partial charge in [-0.05, 0) is 5.56 Å². The molecule has 0 saturated carbocycles. The van der Waals surface area contributed by atoms with Gasteiger partial charge in [-0.3, -0.25) is 0 Å². The first-order chi connectivity index (χ1) is 10.3. The first-order valence-corrected chi connectivity index (χ1v) is 6.31. The molecule has 0 radical (unpaired) electrons. The third kappa shape index (κ3) is 3.11. The lowest BCUT2D eigenvalue weighted by molar-refractivity contribution is 0.279. The van der Waals surface area contributed by atoms with Gasteiger partial charge >= 0.3 is 6.01 Å². The molecule has 0 aliphatic heterocycles. The molecule has 2 aromatic heterocycles. The van der Waals surface area contributed by atoms with E-state index in [1.165, 1.54) is 17.3 Å². The molecule has 2 heterocycles. The van der Waals surface area contributed by atoms with Crippen LogP contribution in [0.15, 0.2) is 43.0 Å². The lowest BCUT2D eigenvalue weighted by atomic mass is 10.2. The van der Waals surface area contributed by atoms with Gasteiger partial charge in [0.15, 0.2) is 0 Å². The minimum absolute atomic E-state index is 0.226. The Morgan fingerprint density at radius 2 is 2.00 bits per heavy atom. The van der Waals surface area contributed by atoms with Gasteiger partial charge in [0.2, 0.25) is 5.95 Å². The third-order valence-electron chi connectivity index (χ3n) is 2.66. The molecule has 0 amide bonds. The third-order valence-corrected chi connectivity index (χ3v) is 2.66. The van der Waals surface area contributed by atoms with Crippen molar-refractivity contribution in [3.05, 3.63) is 48.5 Å². The molecule has 0 saturated heterocycles. The number of rotatable bonds is 5. The van der Waals surface area contributed by atoms with Crippen LogP contribution in [0.2, 0.25) is 0 Å². The van der Waals surface area contributed by atoms with E-state index in [-0.39, 0.29) is 6.01 Å². The van der Waals surface area contributed by atoms with Crippen LogP contribution < -0.4 is 10.1 Å². The SMILES string of the molecule is CNc1nc(OCc2ccccc2)nc(-n2cncn2)n1. The van der Waals surface area contributed by atoms with E-state index >= 15 is 0 Å². The molecule has 0 atom stereocenters. The zero-order chi connectivity index (χ0) is 14.5. The molecule has 0 spiro atoms. The predicted octanol–water partition coefficient (Wildman–Crippen LogP) is 1.07. The second-order valence-electron chi connectivity index (χ2n) is 4.11. The fourth-order valence-electron chi connectivity index (χ4n) is 1.66. The van der Waals surface area contributed by atoms with Gasteiger partial charge in [0.05, 0.1) is 0 Å². The minimum atomic E-state index is 0.226. The Bertz CT molecular complexity index is 700. The maximum Gasteiger partial charge on any atom is 0.323 e. The molecule has 0 aliphatic rings. The van der Waals surface area contributed by atoms with Gasteiger partial charge in [-0.25, -0.2) is 4.98 Å². The molecule has 106 valence electrons. The summed E-state index contributed by atoms with van der Waals surface area (Å²) in [7, 11) is 1.72. The van der Waals surface area contributed by atoms with Gasteiger partial charge in [-0.2, -0.15) is 24.7 Å². The van der Waals surface area contributed by atoms with Crippen LogP contribution in [0.1, 0.15) is 5.56 Å². The van der Waals surface area contributed by atoms with E-state index in [1.54, 1.807) is 7.05 Å². The number of hydrogen-bond donors (Lipinski definition) is 1. The summed E-state index contributed by atoms with van der Waals surface area (Å²) in [5, 5.41) is 6.85. The van der Waals surface area contributed by atoms with Crippen molar-refractivity contribution in [3.63, 3.8) is 0 Å². The molecular formula is C13H13N7O. The van der Waals surface area contributed by atoms with Crippen molar-refractivity contribution in [1.29, 1.82) is 0 Å². The van der Waals surface area contributed by atoms with Crippen LogP contribution in [0.5, 0.6) is 6.01 Å².